The Balaban J connectivity index is 2.22. The van der Waals surface area contributed by atoms with E-state index in [2.05, 4.69) is 42.3 Å². The molecule has 4 heteroatoms. The van der Waals surface area contributed by atoms with Gasteiger partial charge in [0.05, 0.1) is 0 Å². The summed E-state index contributed by atoms with van der Waals surface area (Å²) < 4.78 is 5.24. The quantitative estimate of drug-likeness (QED) is 0.803. The molecule has 1 N–H and O–H groups in total. The number of nitrogens with one attached hydrogen (secondary N) is 1. The SMILES string of the molecule is CC(C)c1noc(C2=C[C@@H](C)CNC2)n1. The lowest BCUT2D eigenvalue weighted by molar-refractivity contribution is 0.395. The average molecular weight is 207 g/mol. The Kier molecular flexibility index (Phi) is 2.86. The van der Waals surface area contributed by atoms with Crippen molar-refractivity contribution in [3.63, 3.8) is 0 Å². The van der Waals surface area contributed by atoms with Gasteiger partial charge in [0, 0.05) is 24.6 Å². The first kappa shape index (κ1) is 10.4. The predicted molar refractivity (Wildman–Crippen MR) is 58.4 cm³/mol. The summed E-state index contributed by atoms with van der Waals surface area (Å²) in [6.07, 6.45) is 2.20. The molecule has 0 saturated carbocycles. The molecule has 0 aliphatic carbocycles. The lowest BCUT2D eigenvalue weighted by Crippen LogP contribution is -2.27. The fourth-order valence-electron chi connectivity index (χ4n) is 1.64. The van der Waals surface area contributed by atoms with Crippen molar-refractivity contribution in [3.8, 4) is 0 Å². The van der Waals surface area contributed by atoms with Gasteiger partial charge in [-0.3, -0.25) is 0 Å². The van der Waals surface area contributed by atoms with Crippen LogP contribution in [-0.2, 0) is 0 Å². The zero-order valence-corrected chi connectivity index (χ0v) is 9.45. The van der Waals surface area contributed by atoms with E-state index >= 15 is 0 Å². The van der Waals surface area contributed by atoms with E-state index in [4.69, 9.17) is 4.52 Å². The second-order valence-corrected chi connectivity index (χ2v) is 4.41. The summed E-state index contributed by atoms with van der Waals surface area (Å²) in [6.45, 7) is 8.14. The zero-order chi connectivity index (χ0) is 10.8. The van der Waals surface area contributed by atoms with Crippen molar-refractivity contribution < 1.29 is 4.52 Å². The molecule has 4 nitrogen and oxygen atoms in total. The van der Waals surface area contributed by atoms with Gasteiger partial charge in [0.1, 0.15) is 0 Å². The normalized spacial score (nSPS) is 21.9. The maximum atomic E-state index is 5.24. The zero-order valence-electron chi connectivity index (χ0n) is 9.45. The van der Waals surface area contributed by atoms with Gasteiger partial charge < -0.3 is 9.84 Å². The lowest BCUT2D eigenvalue weighted by Gasteiger charge is -2.16. The van der Waals surface area contributed by atoms with Crippen molar-refractivity contribution >= 4 is 5.57 Å². The molecule has 0 saturated heterocycles. The van der Waals surface area contributed by atoms with Crippen LogP contribution < -0.4 is 5.32 Å². The summed E-state index contributed by atoms with van der Waals surface area (Å²) >= 11 is 0. The topological polar surface area (TPSA) is 51.0 Å². The van der Waals surface area contributed by atoms with Gasteiger partial charge >= 0.3 is 0 Å². The van der Waals surface area contributed by atoms with Crippen LogP contribution in [0.25, 0.3) is 5.57 Å². The number of hydrogen-bond donors (Lipinski definition) is 1. The minimum absolute atomic E-state index is 0.317. The Morgan fingerprint density at radius 2 is 2.33 bits per heavy atom. The molecule has 1 aromatic rings. The van der Waals surface area contributed by atoms with Crippen LogP contribution in [0.2, 0.25) is 0 Å². The summed E-state index contributed by atoms with van der Waals surface area (Å²) in [5.74, 6) is 2.29. The minimum atomic E-state index is 0.317. The van der Waals surface area contributed by atoms with Gasteiger partial charge in [-0.15, -0.1) is 0 Å². The third kappa shape index (κ3) is 2.26. The van der Waals surface area contributed by atoms with E-state index in [0.717, 1.165) is 24.5 Å². The molecular weight excluding hydrogens is 190 g/mol. The molecule has 2 rings (SSSR count). The van der Waals surface area contributed by atoms with Crippen molar-refractivity contribution in [3.05, 3.63) is 17.8 Å². The standard InChI is InChI=1S/C11H17N3O/c1-7(2)10-13-11(15-14-10)9-4-8(3)5-12-6-9/h4,7-8,12H,5-6H2,1-3H3/t8-/m1/s1. The fraction of sp³-hybridized carbons (Fsp3) is 0.636. The molecule has 0 amide bonds. The van der Waals surface area contributed by atoms with E-state index in [1.807, 2.05) is 0 Å². The number of nitrogens with zero attached hydrogens (tertiary/aromatic N) is 2. The molecule has 2 heterocycles. The Hall–Kier alpha value is -1.16. The molecule has 0 unspecified atom stereocenters. The molecular formula is C11H17N3O. The summed E-state index contributed by atoms with van der Waals surface area (Å²) in [6, 6.07) is 0. The summed E-state index contributed by atoms with van der Waals surface area (Å²) in [5.41, 5.74) is 1.12. The van der Waals surface area contributed by atoms with E-state index in [-0.39, 0.29) is 0 Å². The van der Waals surface area contributed by atoms with Gasteiger partial charge in [-0.2, -0.15) is 4.98 Å². The highest BCUT2D eigenvalue weighted by molar-refractivity contribution is 5.61. The number of hydrogen-bond acceptors (Lipinski definition) is 4. The highest BCUT2D eigenvalue weighted by Gasteiger charge is 2.17. The summed E-state index contributed by atoms with van der Waals surface area (Å²) in [5, 5.41) is 7.29. The van der Waals surface area contributed by atoms with Crippen LogP contribution in [0.1, 0.15) is 38.4 Å². The molecule has 0 bridgehead atoms. The van der Waals surface area contributed by atoms with E-state index < -0.39 is 0 Å². The first-order chi connectivity index (χ1) is 7.16. The average Bonchev–Trinajstić information content (AvgIpc) is 2.66. The number of rotatable bonds is 2. The first-order valence-electron chi connectivity index (χ1n) is 5.42. The van der Waals surface area contributed by atoms with Gasteiger partial charge in [0.25, 0.3) is 5.89 Å². The second kappa shape index (κ2) is 4.14. The van der Waals surface area contributed by atoms with Crippen molar-refractivity contribution in [2.45, 2.75) is 26.7 Å². The maximum Gasteiger partial charge on any atom is 0.254 e. The first-order valence-corrected chi connectivity index (χ1v) is 5.42. The van der Waals surface area contributed by atoms with E-state index in [1.54, 1.807) is 0 Å². The molecule has 0 fully saturated rings. The van der Waals surface area contributed by atoms with Crippen LogP contribution in [-0.4, -0.2) is 23.2 Å². The molecule has 0 spiro atoms. The van der Waals surface area contributed by atoms with E-state index in [1.165, 1.54) is 0 Å². The molecule has 0 aromatic carbocycles. The Morgan fingerprint density at radius 3 is 2.93 bits per heavy atom. The fourth-order valence-corrected chi connectivity index (χ4v) is 1.64. The van der Waals surface area contributed by atoms with E-state index in [9.17, 15) is 0 Å². The van der Waals surface area contributed by atoms with Gasteiger partial charge in [-0.1, -0.05) is 32.0 Å². The minimum Gasteiger partial charge on any atom is -0.334 e. The molecule has 1 atom stereocenters. The molecule has 1 aliphatic rings. The third-order valence-electron chi connectivity index (χ3n) is 2.50. The van der Waals surface area contributed by atoms with Crippen LogP contribution in [0, 0.1) is 5.92 Å². The molecule has 1 aromatic heterocycles. The molecule has 0 radical (unpaired) electrons. The van der Waals surface area contributed by atoms with Crippen LogP contribution in [0.15, 0.2) is 10.6 Å². The van der Waals surface area contributed by atoms with Gasteiger partial charge in [-0.25, -0.2) is 0 Å². The third-order valence-corrected chi connectivity index (χ3v) is 2.50. The Labute approximate surface area is 89.8 Å². The number of aromatic nitrogens is 2. The molecule has 82 valence electrons. The Morgan fingerprint density at radius 1 is 1.53 bits per heavy atom. The Bertz CT molecular complexity index is 368. The monoisotopic (exact) mass is 207 g/mol. The van der Waals surface area contributed by atoms with E-state index in [0.29, 0.717) is 17.7 Å². The largest absolute Gasteiger partial charge is 0.334 e. The van der Waals surface area contributed by atoms with Crippen LogP contribution in [0.4, 0.5) is 0 Å². The molecule has 1 aliphatic heterocycles. The van der Waals surface area contributed by atoms with Gasteiger partial charge in [0.15, 0.2) is 5.82 Å². The van der Waals surface area contributed by atoms with Gasteiger partial charge in [0.2, 0.25) is 0 Å². The van der Waals surface area contributed by atoms with Crippen molar-refractivity contribution in [1.29, 1.82) is 0 Å². The predicted octanol–water partition coefficient (Wildman–Crippen LogP) is 1.82. The molecule has 15 heavy (non-hydrogen) atoms. The smallest absolute Gasteiger partial charge is 0.254 e. The van der Waals surface area contributed by atoms with Crippen LogP contribution in [0.5, 0.6) is 0 Å². The van der Waals surface area contributed by atoms with Crippen molar-refractivity contribution in [1.82, 2.24) is 15.5 Å². The second-order valence-electron chi connectivity index (χ2n) is 4.41. The van der Waals surface area contributed by atoms with Crippen LogP contribution >= 0.6 is 0 Å². The highest BCUT2D eigenvalue weighted by Crippen LogP contribution is 2.19. The van der Waals surface area contributed by atoms with Crippen molar-refractivity contribution in [2.75, 3.05) is 13.1 Å². The summed E-state index contributed by atoms with van der Waals surface area (Å²) in [7, 11) is 0. The van der Waals surface area contributed by atoms with Crippen molar-refractivity contribution in [2.24, 2.45) is 5.92 Å². The van der Waals surface area contributed by atoms with Gasteiger partial charge in [-0.05, 0) is 5.92 Å². The highest BCUT2D eigenvalue weighted by atomic mass is 16.5. The van der Waals surface area contributed by atoms with Crippen LogP contribution in [0.3, 0.4) is 0 Å². The lowest BCUT2D eigenvalue weighted by atomic mass is 10.0. The summed E-state index contributed by atoms with van der Waals surface area (Å²) in [4.78, 5) is 4.38. The maximum absolute atomic E-state index is 5.24.